The third kappa shape index (κ3) is 5.20. The number of fused-ring (bicyclic) bond motifs is 7. The molecule has 0 spiro atoms. The summed E-state index contributed by atoms with van der Waals surface area (Å²) in [7, 11) is 0. The molecule has 0 radical (unpaired) electrons. The predicted molar refractivity (Wildman–Crippen MR) is 229 cm³/mol. The second-order valence-electron chi connectivity index (χ2n) is 14.1. The molecule has 3 nitrogen and oxygen atoms in total. The van der Waals surface area contributed by atoms with Gasteiger partial charge in [-0.1, -0.05) is 152 Å². The Morgan fingerprint density at radius 1 is 0.273 bits per heavy atom. The number of rotatable bonds is 6. The van der Waals surface area contributed by atoms with E-state index >= 15 is 0 Å². The molecule has 258 valence electrons. The van der Waals surface area contributed by atoms with E-state index in [1.807, 2.05) is 24.3 Å². The largest absolute Gasteiger partial charge is 0.455 e. The van der Waals surface area contributed by atoms with Gasteiger partial charge < -0.3 is 13.7 Å². The Labute approximate surface area is 317 Å². The number of nitrogens with zero attached hydrogens (tertiary/aromatic N) is 1. The number of benzene rings is 9. The monoisotopic (exact) mass is 703 g/mol. The molecule has 0 amide bonds. The van der Waals surface area contributed by atoms with Crippen molar-refractivity contribution in [2.24, 2.45) is 0 Å². The first-order valence-corrected chi connectivity index (χ1v) is 18.7. The third-order valence-electron chi connectivity index (χ3n) is 10.9. The summed E-state index contributed by atoms with van der Waals surface area (Å²) in [6.45, 7) is 0. The lowest BCUT2D eigenvalue weighted by Crippen LogP contribution is -2.09. The van der Waals surface area contributed by atoms with Gasteiger partial charge in [0.05, 0.1) is 0 Å². The minimum Gasteiger partial charge on any atom is -0.455 e. The third-order valence-corrected chi connectivity index (χ3v) is 10.9. The quantitative estimate of drug-likeness (QED) is 0.173. The van der Waals surface area contributed by atoms with Crippen LogP contribution in [0.1, 0.15) is 0 Å². The van der Waals surface area contributed by atoms with Crippen LogP contribution in [-0.2, 0) is 0 Å². The van der Waals surface area contributed by atoms with Gasteiger partial charge in [0.15, 0.2) is 0 Å². The van der Waals surface area contributed by atoms with Crippen molar-refractivity contribution >= 4 is 71.7 Å². The van der Waals surface area contributed by atoms with E-state index in [0.717, 1.165) is 83.2 Å². The zero-order chi connectivity index (χ0) is 36.3. The first-order chi connectivity index (χ1) is 27.3. The summed E-state index contributed by atoms with van der Waals surface area (Å²) in [5, 5.41) is 7.01. The first-order valence-electron chi connectivity index (χ1n) is 18.7. The Morgan fingerprint density at radius 2 is 0.636 bits per heavy atom. The van der Waals surface area contributed by atoms with Crippen molar-refractivity contribution in [3.63, 3.8) is 0 Å². The van der Waals surface area contributed by atoms with Crippen LogP contribution in [0.5, 0.6) is 0 Å². The van der Waals surface area contributed by atoms with Crippen LogP contribution in [0.3, 0.4) is 0 Å². The van der Waals surface area contributed by atoms with Crippen molar-refractivity contribution in [1.82, 2.24) is 0 Å². The van der Waals surface area contributed by atoms with Crippen molar-refractivity contribution in [3.05, 3.63) is 200 Å². The van der Waals surface area contributed by atoms with Gasteiger partial charge in [-0.2, -0.15) is 0 Å². The molecule has 2 heterocycles. The van der Waals surface area contributed by atoms with Crippen LogP contribution in [0.15, 0.2) is 209 Å². The summed E-state index contributed by atoms with van der Waals surface area (Å²) in [4.78, 5) is 2.32. The Kier molecular flexibility index (Phi) is 7.17. The van der Waals surface area contributed by atoms with Crippen LogP contribution >= 0.6 is 0 Å². The van der Waals surface area contributed by atoms with Gasteiger partial charge in [0.2, 0.25) is 0 Å². The highest BCUT2D eigenvalue weighted by Gasteiger charge is 2.17. The molecule has 0 N–H and O–H groups in total. The number of furan rings is 2. The SMILES string of the molecule is c1ccc2c(-c3ccc(N(c4ccc(-c5cccc6c5oc5ccccc56)cc4)c4ccc(-c5cccc6c5oc5ccccc56)cc4)cc3)cccc2c1. The van der Waals surface area contributed by atoms with Gasteiger partial charge >= 0.3 is 0 Å². The highest BCUT2D eigenvalue weighted by Crippen LogP contribution is 2.42. The van der Waals surface area contributed by atoms with Crippen molar-refractivity contribution in [2.45, 2.75) is 0 Å². The lowest BCUT2D eigenvalue weighted by molar-refractivity contribution is 0.669. The molecule has 0 aliphatic rings. The minimum absolute atomic E-state index is 0.902. The first kappa shape index (κ1) is 31.2. The summed E-state index contributed by atoms with van der Waals surface area (Å²) < 4.78 is 12.8. The van der Waals surface area contributed by atoms with E-state index in [9.17, 15) is 0 Å². The Bertz CT molecular complexity index is 3020. The molecule has 3 heteroatoms. The van der Waals surface area contributed by atoms with Crippen LogP contribution < -0.4 is 4.90 Å². The fourth-order valence-corrected chi connectivity index (χ4v) is 8.24. The average Bonchev–Trinajstić information content (AvgIpc) is 3.83. The molecule has 11 aromatic rings. The summed E-state index contributed by atoms with van der Waals surface area (Å²) >= 11 is 0. The van der Waals surface area contributed by atoms with Gasteiger partial charge in [0.25, 0.3) is 0 Å². The number of para-hydroxylation sites is 4. The van der Waals surface area contributed by atoms with Crippen LogP contribution in [0.2, 0.25) is 0 Å². The number of anilines is 3. The van der Waals surface area contributed by atoms with Crippen molar-refractivity contribution in [1.29, 1.82) is 0 Å². The summed E-state index contributed by atoms with van der Waals surface area (Å²) in [5.41, 5.74) is 13.6. The fraction of sp³-hybridized carbons (Fsp3) is 0. The standard InChI is InChI=1S/C52H33NO2/c1-2-12-41-34(10-1)11-7-15-42(41)35-22-28-38(29-23-35)53(39-30-24-36(25-31-39)43-16-8-18-47-45-13-3-5-20-49(45)54-51(43)47)40-32-26-37(27-33-40)44-17-9-19-48-46-14-4-6-21-50(46)55-52(44)48/h1-33H. The minimum atomic E-state index is 0.902. The van der Waals surface area contributed by atoms with Gasteiger partial charge in [-0.05, 0) is 81.6 Å². The Hall–Kier alpha value is -7.36. The lowest BCUT2D eigenvalue weighted by Gasteiger charge is -2.26. The normalized spacial score (nSPS) is 11.6. The number of hydrogen-bond acceptors (Lipinski definition) is 3. The van der Waals surface area contributed by atoms with E-state index in [2.05, 4.69) is 181 Å². The average molecular weight is 704 g/mol. The highest BCUT2D eigenvalue weighted by molar-refractivity contribution is 6.10. The molecule has 9 aromatic carbocycles. The van der Waals surface area contributed by atoms with Gasteiger partial charge in [-0.15, -0.1) is 0 Å². The molecule has 0 bridgehead atoms. The molecule has 0 aliphatic carbocycles. The molecule has 2 aromatic heterocycles. The molecule has 55 heavy (non-hydrogen) atoms. The van der Waals surface area contributed by atoms with E-state index in [4.69, 9.17) is 8.83 Å². The summed E-state index contributed by atoms with van der Waals surface area (Å²) in [5.74, 6) is 0. The fourth-order valence-electron chi connectivity index (χ4n) is 8.24. The van der Waals surface area contributed by atoms with Crippen LogP contribution in [0, 0.1) is 0 Å². The Balaban J connectivity index is 1.01. The van der Waals surface area contributed by atoms with E-state index in [-0.39, 0.29) is 0 Å². The topological polar surface area (TPSA) is 29.5 Å². The molecule has 0 saturated carbocycles. The molecule has 0 saturated heterocycles. The van der Waals surface area contributed by atoms with E-state index < -0.39 is 0 Å². The maximum absolute atomic E-state index is 6.40. The van der Waals surface area contributed by atoms with Crippen molar-refractivity contribution < 1.29 is 8.83 Å². The van der Waals surface area contributed by atoms with Crippen LogP contribution in [0.25, 0.3) is 88.0 Å². The zero-order valence-corrected chi connectivity index (χ0v) is 29.8. The van der Waals surface area contributed by atoms with Gasteiger partial charge in [-0.25, -0.2) is 0 Å². The summed E-state index contributed by atoms with van der Waals surface area (Å²) in [6, 6.07) is 70.9. The second-order valence-corrected chi connectivity index (χ2v) is 14.1. The van der Waals surface area contributed by atoms with Gasteiger partial charge in [0, 0.05) is 49.7 Å². The van der Waals surface area contributed by atoms with E-state index in [1.165, 1.54) is 21.9 Å². The smallest absolute Gasteiger partial charge is 0.143 e. The summed E-state index contributed by atoms with van der Waals surface area (Å²) in [6.07, 6.45) is 0. The molecule has 0 unspecified atom stereocenters. The molecule has 0 fully saturated rings. The van der Waals surface area contributed by atoms with E-state index in [0.29, 0.717) is 0 Å². The maximum Gasteiger partial charge on any atom is 0.143 e. The molecule has 0 atom stereocenters. The predicted octanol–water partition coefficient (Wildman–Crippen LogP) is 15.1. The molecule has 11 rings (SSSR count). The van der Waals surface area contributed by atoms with Gasteiger partial charge in [-0.3, -0.25) is 0 Å². The van der Waals surface area contributed by atoms with E-state index in [1.54, 1.807) is 0 Å². The van der Waals surface area contributed by atoms with Gasteiger partial charge in [0.1, 0.15) is 22.3 Å². The molecular weight excluding hydrogens is 671 g/mol. The highest BCUT2D eigenvalue weighted by atomic mass is 16.3. The Morgan fingerprint density at radius 3 is 1.15 bits per heavy atom. The molecule has 0 aliphatic heterocycles. The second kappa shape index (κ2) is 12.6. The van der Waals surface area contributed by atoms with Crippen molar-refractivity contribution in [2.75, 3.05) is 4.90 Å². The lowest BCUT2D eigenvalue weighted by atomic mass is 9.98. The van der Waals surface area contributed by atoms with Crippen LogP contribution in [-0.4, -0.2) is 0 Å². The number of hydrogen-bond donors (Lipinski definition) is 0. The zero-order valence-electron chi connectivity index (χ0n) is 29.8. The van der Waals surface area contributed by atoms with Crippen LogP contribution in [0.4, 0.5) is 17.1 Å². The van der Waals surface area contributed by atoms with Crippen molar-refractivity contribution in [3.8, 4) is 33.4 Å². The maximum atomic E-state index is 6.40. The molecular formula is C52H33NO2.